The van der Waals surface area contributed by atoms with Gasteiger partial charge in [0.2, 0.25) is 0 Å². The highest BCUT2D eigenvalue weighted by Crippen LogP contribution is 2.33. The van der Waals surface area contributed by atoms with Crippen molar-refractivity contribution in [3.63, 3.8) is 0 Å². The normalized spacial score (nSPS) is 18.6. The van der Waals surface area contributed by atoms with Gasteiger partial charge in [0.1, 0.15) is 5.75 Å². The predicted octanol–water partition coefficient (Wildman–Crippen LogP) is 3.29. The molecule has 1 atom stereocenters. The molecule has 1 aliphatic rings. The second-order valence-electron chi connectivity index (χ2n) is 3.91. The van der Waals surface area contributed by atoms with Crippen molar-refractivity contribution in [3.05, 3.63) is 72.1 Å². The molecule has 2 radical (unpaired) electrons. The molecule has 1 aliphatic heterocycles. The second kappa shape index (κ2) is 4.01. The standard InChI is InChI=1S/C15H12O/c1-2-6-12(7-3-1)14-10-13-8-4-5-9-15(13)16-11-14/h1-9,14H,11H2. The first-order chi connectivity index (χ1) is 7.93. The topological polar surface area (TPSA) is 9.23 Å². The molecule has 0 fully saturated rings. The van der Waals surface area contributed by atoms with E-state index < -0.39 is 0 Å². The average Bonchev–Trinajstić information content (AvgIpc) is 2.39. The molecule has 0 saturated carbocycles. The number of rotatable bonds is 1. The third-order valence-corrected chi connectivity index (χ3v) is 2.82. The Hall–Kier alpha value is -1.76. The minimum atomic E-state index is 0.246. The van der Waals surface area contributed by atoms with Crippen LogP contribution in [0.15, 0.2) is 54.6 Å². The van der Waals surface area contributed by atoms with Gasteiger partial charge in [-0.25, -0.2) is 0 Å². The molecule has 0 spiro atoms. The van der Waals surface area contributed by atoms with E-state index in [1.165, 1.54) is 5.56 Å². The van der Waals surface area contributed by atoms with Gasteiger partial charge in [-0.15, -0.1) is 0 Å². The van der Waals surface area contributed by atoms with Crippen LogP contribution in [0.25, 0.3) is 0 Å². The van der Waals surface area contributed by atoms with Crippen molar-refractivity contribution in [1.82, 2.24) is 0 Å². The van der Waals surface area contributed by atoms with Gasteiger partial charge in [-0.3, -0.25) is 0 Å². The van der Waals surface area contributed by atoms with Gasteiger partial charge in [0.05, 0.1) is 6.61 Å². The molecular weight excluding hydrogens is 196 g/mol. The number of ether oxygens (including phenoxy) is 1. The third kappa shape index (κ3) is 1.69. The van der Waals surface area contributed by atoms with Crippen LogP contribution in [-0.4, -0.2) is 6.61 Å². The van der Waals surface area contributed by atoms with Crippen molar-refractivity contribution in [2.45, 2.75) is 5.92 Å². The fourth-order valence-corrected chi connectivity index (χ4v) is 1.98. The number of para-hydroxylation sites is 1. The van der Waals surface area contributed by atoms with E-state index in [1.54, 1.807) is 0 Å². The number of hydrogen-bond donors (Lipinski definition) is 0. The van der Waals surface area contributed by atoms with E-state index in [1.807, 2.05) is 30.3 Å². The van der Waals surface area contributed by atoms with Gasteiger partial charge in [-0.05, 0) is 11.6 Å². The summed E-state index contributed by atoms with van der Waals surface area (Å²) in [7, 11) is 0. The van der Waals surface area contributed by atoms with Crippen molar-refractivity contribution in [2.75, 3.05) is 6.61 Å². The fourth-order valence-electron chi connectivity index (χ4n) is 1.98. The van der Waals surface area contributed by atoms with Gasteiger partial charge in [-0.2, -0.15) is 0 Å². The van der Waals surface area contributed by atoms with Crippen molar-refractivity contribution < 1.29 is 4.74 Å². The Kier molecular flexibility index (Phi) is 2.37. The molecule has 2 aromatic rings. The van der Waals surface area contributed by atoms with E-state index in [0.717, 1.165) is 11.3 Å². The van der Waals surface area contributed by atoms with Gasteiger partial charge in [-0.1, -0.05) is 48.5 Å². The van der Waals surface area contributed by atoms with Crippen LogP contribution in [-0.2, 0) is 0 Å². The van der Waals surface area contributed by atoms with Crippen LogP contribution in [0.5, 0.6) is 5.75 Å². The molecule has 1 heterocycles. The van der Waals surface area contributed by atoms with E-state index in [-0.39, 0.29) is 5.92 Å². The minimum Gasteiger partial charge on any atom is -0.493 e. The summed E-state index contributed by atoms with van der Waals surface area (Å²) in [5, 5.41) is 0. The number of hydrogen-bond acceptors (Lipinski definition) is 1. The van der Waals surface area contributed by atoms with Crippen LogP contribution in [0.1, 0.15) is 17.0 Å². The summed E-state index contributed by atoms with van der Waals surface area (Å²) in [5.41, 5.74) is 2.33. The summed E-state index contributed by atoms with van der Waals surface area (Å²) < 4.78 is 5.73. The predicted molar refractivity (Wildman–Crippen MR) is 63.5 cm³/mol. The molecule has 0 bridgehead atoms. The van der Waals surface area contributed by atoms with Crippen LogP contribution in [0.3, 0.4) is 0 Å². The first kappa shape index (κ1) is 9.46. The average molecular weight is 208 g/mol. The van der Waals surface area contributed by atoms with E-state index in [2.05, 4.69) is 30.7 Å². The summed E-state index contributed by atoms with van der Waals surface area (Å²) in [6, 6.07) is 18.4. The Morgan fingerprint density at radius 1 is 0.938 bits per heavy atom. The summed E-state index contributed by atoms with van der Waals surface area (Å²) in [5.74, 6) is 1.19. The Morgan fingerprint density at radius 3 is 2.56 bits per heavy atom. The smallest absolute Gasteiger partial charge is 0.123 e. The Bertz CT molecular complexity index is 476. The molecule has 3 rings (SSSR count). The quantitative estimate of drug-likeness (QED) is 0.698. The van der Waals surface area contributed by atoms with E-state index in [0.29, 0.717) is 6.61 Å². The zero-order valence-corrected chi connectivity index (χ0v) is 8.89. The molecule has 0 aromatic heterocycles. The largest absolute Gasteiger partial charge is 0.493 e. The monoisotopic (exact) mass is 208 g/mol. The molecule has 0 saturated heterocycles. The molecule has 1 heteroatoms. The minimum absolute atomic E-state index is 0.246. The molecule has 0 N–H and O–H groups in total. The molecule has 16 heavy (non-hydrogen) atoms. The molecule has 1 unspecified atom stereocenters. The van der Waals surface area contributed by atoms with Gasteiger partial charge in [0, 0.05) is 17.9 Å². The van der Waals surface area contributed by atoms with E-state index in [4.69, 9.17) is 4.74 Å². The van der Waals surface area contributed by atoms with E-state index in [9.17, 15) is 0 Å². The Morgan fingerprint density at radius 2 is 1.69 bits per heavy atom. The van der Waals surface area contributed by atoms with Crippen molar-refractivity contribution in [3.8, 4) is 5.75 Å². The molecular formula is C15H12O. The van der Waals surface area contributed by atoms with Crippen molar-refractivity contribution in [1.29, 1.82) is 0 Å². The maximum absolute atomic E-state index is 5.73. The summed E-state index contributed by atoms with van der Waals surface area (Å²) in [6.07, 6.45) is 3.49. The molecule has 1 nitrogen and oxygen atoms in total. The van der Waals surface area contributed by atoms with Gasteiger partial charge < -0.3 is 4.74 Å². The van der Waals surface area contributed by atoms with Crippen LogP contribution < -0.4 is 4.74 Å². The molecule has 2 aromatic carbocycles. The fraction of sp³-hybridized carbons (Fsp3) is 0.133. The van der Waals surface area contributed by atoms with Gasteiger partial charge in [0.15, 0.2) is 0 Å². The lowest BCUT2D eigenvalue weighted by Gasteiger charge is -2.24. The highest BCUT2D eigenvalue weighted by atomic mass is 16.5. The van der Waals surface area contributed by atoms with Gasteiger partial charge >= 0.3 is 0 Å². The van der Waals surface area contributed by atoms with Crippen LogP contribution >= 0.6 is 0 Å². The van der Waals surface area contributed by atoms with E-state index >= 15 is 0 Å². The molecule has 78 valence electrons. The maximum Gasteiger partial charge on any atom is 0.123 e. The Labute approximate surface area is 95.7 Å². The summed E-state index contributed by atoms with van der Waals surface area (Å²) in [6.45, 7) is 0.682. The van der Waals surface area contributed by atoms with Crippen molar-refractivity contribution >= 4 is 0 Å². The van der Waals surface area contributed by atoms with Crippen LogP contribution in [0.2, 0.25) is 0 Å². The third-order valence-electron chi connectivity index (χ3n) is 2.82. The first-order valence-electron chi connectivity index (χ1n) is 5.47. The molecule has 0 amide bonds. The van der Waals surface area contributed by atoms with Crippen LogP contribution in [0.4, 0.5) is 0 Å². The zero-order chi connectivity index (χ0) is 10.8. The Balaban J connectivity index is 1.89. The lowest BCUT2D eigenvalue weighted by molar-refractivity contribution is 0.285. The van der Waals surface area contributed by atoms with Crippen molar-refractivity contribution in [2.24, 2.45) is 0 Å². The lowest BCUT2D eigenvalue weighted by Crippen LogP contribution is -2.17. The molecule has 0 aliphatic carbocycles. The van der Waals surface area contributed by atoms with Gasteiger partial charge in [0.25, 0.3) is 0 Å². The second-order valence-corrected chi connectivity index (χ2v) is 3.91. The maximum atomic E-state index is 5.73. The highest BCUT2D eigenvalue weighted by molar-refractivity contribution is 5.44. The van der Waals surface area contributed by atoms with Crippen LogP contribution in [0, 0.1) is 6.42 Å². The first-order valence-corrected chi connectivity index (χ1v) is 5.47. The SMILES string of the molecule is [C]1c2ccccc2OCC1c1ccccc1. The summed E-state index contributed by atoms with van der Waals surface area (Å²) >= 11 is 0. The zero-order valence-electron chi connectivity index (χ0n) is 8.89. The number of benzene rings is 2. The number of fused-ring (bicyclic) bond motifs is 1. The highest BCUT2D eigenvalue weighted by Gasteiger charge is 2.21. The summed E-state index contributed by atoms with van der Waals surface area (Å²) in [4.78, 5) is 0. The lowest BCUT2D eigenvalue weighted by atomic mass is 9.90.